The summed E-state index contributed by atoms with van der Waals surface area (Å²) in [5.74, 6) is 0.722. The first-order chi connectivity index (χ1) is 27.8. The molecule has 0 aliphatic heterocycles. The fraction of sp³-hybridized carbons (Fsp3) is 0. The Kier molecular flexibility index (Phi) is 6.60. The van der Waals surface area contributed by atoms with Gasteiger partial charge in [-0.15, -0.1) is 0 Å². The van der Waals surface area contributed by atoms with E-state index in [-0.39, 0.29) is 0 Å². The molecule has 56 heavy (non-hydrogen) atoms. The number of para-hydroxylation sites is 3. The van der Waals surface area contributed by atoms with Crippen LogP contribution >= 0.6 is 0 Å². The van der Waals surface area contributed by atoms with Gasteiger partial charge in [0, 0.05) is 55.5 Å². The van der Waals surface area contributed by atoms with Crippen molar-refractivity contribution in [3.63, 3.8) is 0 Å². The van der Waals surface area contributed by atoms with Crippen LogP contribution in [0.5, 0.6) is 0 Å². The summed E-state index contributed by atoms with van der Waals surface area (Å²) in [5.41, 5.74) is 11.4. The van der Waals surface area contributed by atoms with E-state index in [1.54, 1.807) is 0 Å². The third-order valence-electron chi connectivity index (χ3n) is 11.6. The van der Waals surface area contributed by atoms with Gasteiger partial charge in [0.05, 0.1) is 27.6 Å². The van der Waals surface area contributed by atoms with Crippen molar-refractivity contribution in [2.24, 2.45) is 0 Å². The van der Waals surface area contributed by atoms with Gasteiger partial charge in [-0.3, -0.25) is 0 Å². The Labute approximate surface area is 322 Å². The smallest absolute Gasteiger partial charge is 0.159 e. The summed E-state index contributed by atoms with van der Waals surface area (Å²) in [6.45, 7) is 0. The van der Waals surface area contributed by atoms with Crippen molar-refractivity contribution in [1.82, 2.24) is 19.1 Å². The lowest BCUT2D eigenvalue weighted by molar-refractivity contribution is 1.17. The topological polar surface area (TPSA) is 35.6 Å². The number of hydrogen-bond acceptors (Lipinski definition) is 2. The van der Waals surface area contributed by atoms with Gasteiger partial charge in [0.25, 0.3) is 0 Å². The highest BCUT2D eigenvalue weighted by atomic mass is 15.0. The van der Waals surface area contributed by atoms with Crippen molar-refractivity contribution in [3.05, 3.63) is 194 Å². The van der Waals surface area contributed by atoms with Crippen molar-refractivity contribution < 1.29 is 0 Å². The van der Waals surface area contributed by atoms with Gasteiger partial charge in [-0.1, -0.05) is 115 Å². The number of benzene rings is 9. The Hall–Kier alpha value is -7.56. The second kappa shape index (κ2) is 12.0. The van der Waals surface area contributed by atoms with E-state index < -0.39 is 0 Å². The molecule has 0 N–H and O–H groups in total. The molecule has 260 valence electrons. The highest BCUT2D eigenvalue weighted by Gasteiger charge is 2.17. The number of hydrogen-bond donors (Lipinski definition) is 0. The molecule has 12 aromatic rings. The predicted molar refractivity (Wildman–Crippen MR) is 234 cm³/mol. The van der Waals surface area contributed by atoms with Gasteiger partial charge in [0.15, 0.2) is 5.82 Å². The normalized spacial score (nSPS) is 11.9. The van der Waals surface area contributed by atoms with Gasteiger partial charge in [0.1, 0.15) is 0 Å². The molecule has 3 heterocycles. The minimum atomic E-state index is 0.722. The minimum absolute atomic E-state index is 0.722. The summed E-state index contributed by atoms with van der Waals surface area (Å²) in [6.07, 6.45) is 1.99. The van der Waals surface area contributed by atoms with Crippen LogP contribution in [0.2, 0.25) is 0 Å². The lowest BCUT2D eigenvalue weighted by atomic mass is 9.98. The van der Waals surface area contributed by atoms with Gasteiger partial charge < -0.3 is 9.13 Å². The minimum Gasteiger partial charge on any atom is -0.309 e. The summed E-state index contributed by atoms with van der Waals surface area (Å²) in [7, 11) is 0. The molecule has 9 aromatic carbocycles. The summed E-state index contributed by atoms with van der Waals surface area (Å²) in [6, 6.07) is 67.6. The summed E-state index contributed by atoms with van der Waals surface area (Å²) in [5, 5.41) is 10.8. The molecular formula is C52H32N4. The van der Waals surface area contributed by atoms with Crippen molar-refractivity contribution in [3.8, 4) is 33.9 Å². The molecule has 0 amide bonds. The Morgan fingerprint density at radius 3 is 1.32 bits per heavy atom. The second-order valence-corrected chi connectivity index (χ2v) is 14.6. The van der Waals surface area contributed by atoms with Crippen LogP contribution in [0.3, 0.4) is 0 Å². The fourth-order valence-electron chi connectivity index (χ4n) is 9.00. The maximum absolute atomic E-state index is 5.19. The molecule has 0 saturated carbocycles. The number of aromatic nitrogens is 4. The molecule has 0 aliphatic carbocycles. The monoisotopic (exact) mass is 712 g/mol. The zero-order valence-corrected chi connectivity index (χ0v) is 30.3. The lowest BCUT2D eigenvalue weighted by Crippen LogP contribution is -1.95. The number of nitrogens with zero attached hydrogens (tertiary/aromatic N) is 4. The van der Waals surface area contributed by atoms with Crippen LogP contribution in [0.25, 0.3) is 110 Å². The first-order valence-electron chi connectivity index (χ1n) is 19.1. The molecule has 0 bridgehead atoms. The van der Waals surface area contributed by atoms with Crippen LogP contribution < -0.4 is 0 Å². The third-order valence-corrected chi connectivity index (χ3v) is 11.6. The summed E-state index contributed by atoms with van der Waals surface area (Å²) in [4.78, 5) is 10.1. The van der Waals surface area contributed by atoms with E-state index in [0.29, 0.717) is 0 Å². The Bertz CT molecular complexity index is 3480. The SMILES string of the molecule is c1ccc(-n2c3ccccc3c3cc(-c4ccc5c(c4)c4ccccc4n5-c4ccc(-c5ncc6c7ccccc7c7ccccc7c6n5)cc4)ccc32)cc1. The number of rotatable bonds is 4. The summed E-state index contributed by atoms with van der Waals surface area (Å²) >= 11 is 0. The molecule has 12 rings (SSSR count). The van der Waals surface area contributed by atoms with E-state index in [1.165, 1.54) is 76.6 Å². The van der Waals surface area contributed by atoms with Gasteiger partial charge in [-0.2, -0.15) is 0 Å². The second-order valence-electron chi connectivity index (χ2n) is 14.6. The van der Waals surface area contributed by atoms with Gasteiger partial charge >= 0.3 is 0 Å². The van der Waals surface area contributed by atoms with Crippen LogP contribution in [0.1, 0.15) is 0 Å². The maximum Gasteiger partial charge on any atom is 0.159 e. The molecule has 0 atom stereocenters. The molecule has 0 unspecified atom stereocenters. The molecule has 3 aromatic heterocycles. The fourth-order valence-corrected chi connectivity index (χ4v) is 9.00. The van der Waals surface area contributed by atoms with Gasteiger partial charge in [0.2, 0.25) is 0 Å². The maximum atomic E-state index is 5.19. The highest BCUT2D eigenvalue weighted by molar-refractivity contribution is 6.24. The molecule has 0 spiro atoms. The van der Waals surface area contributed by atoms with Crippen molar-refractivity contribution in [1.29, 1.82) is 0 Å². The molecule has 0 radical (unpaired) electrons. The van der Waals surface area contributed by atoms with Crippen LogP contribution in [-0.4, -0.2) is 19.1 Å². The first kappa shape index (κ1) is 30.9. The average Bonchev–Trinajstić information content (AvgIpc) is 3.79. The van der Waals surface area contributed by atoms with Crippen LogP contribution in [0, 0.1) is 0 Å². The van der Waals surface area contributed by atoms with Crippen LogP contribution in [0.15, 0.2) is 194 Å². The molecule has 4 nitrogen and oxygen atoms in total. The van der Waals surface area contributed by atoms with E-state index in [0.717, 1.165) is 33.4 Å². The third kappa shape index (κ3) is 4.53. The Balaban J connectivity index is 0.964. The predicted octanol–water partition coefficient (Wildman–Crippen LogP) is 13.5. The standard InChI is InChI=1S/C52H32N4/c1-2-12-36(13-3-1)55-47-20-10-8-17-41(47)44-30-34(24-28-49(44)55)35-25-29-50-45(31-35)42-18-9-11-21-48(42)56(50)37-26-22-33(23-27-37)52-53-32-46-40-16-5-4-14-38(40)39-15-6-7-19-43(39)51(46)54-52/h1-32H. The van der Waals surface area contributed by atoms with Crippen LogP contribution in [-0.2, 0) is 0 Å². The first-order valence-corrected chi connectivity index (χ1v) is 19.1. The molecule has 0 aliphatic rings. The van der Waals surface area contributed by atoms with Crippen molar-refractivity contribution in [2.45, 2.75) is 0 Å². The largest absolute Gasteiger partial charge is 0.309 e. The Morgan fingerprint density at radius 1 is 0.304 bits per heavy atom. The summed E-state index contributed by atoms with van der Waals surface area (Å²) < 4.78 is 4.74. The zero-order valence-electron chi connectivity index (χ0n) is 30.3. The average molecular weight is 713 g/mol. The van der Waals surface area contributed by atoms with Gasteiger partial charge in [-0.05, 0) is 100 Å². The lowest BCUT2D eigenvalue weighted by Gasteiger charge is -2.11. The molecule has 4 heteroatoms. The quantitative estimate of drug-likeness (QED) is 0.170. The van der Waals surface area contributed by atoms with Crippen molar-refractivity contribution >= 4 is 76.1 Å². The Morgan fingerprint density at radius 2 is 0.732 bits per heavy atom. The molecule has 0 saturated heterocycles. The molecular weight excluding hydrogens is 681 g/mol. The van der Waals surface area contributed by atoms with E-state index >= 15 is 0 Å². The van der Waals surface area contributed by atoms with E-state index in [9.17, 15) is 0 Å². The van der Waals surface area contributed by atoms with E-state index in [4.69, 9.17) is 9.97 Å². The number of fused-ring (bicyclic) bond motifs is 12. The molecule has 0 fully saturated rings. The van der Waals surface area contributed by atoms with E-state index in [2.05, 4.69) is 197 Å². The van der Waals surface area contributed by atoms with E-state index in [1.807, 2.05) is 6.20 Å². The van der Waals surface area contributed by atoms with Crippen molar-refractivity contribution in [2.75, 3.05) is 0 Å². The van der Waals surface area contributed by atoms with Crippen LogP contribution in [0.4, 0.5) is 0 Å². The van der Waals surface area contributed by atoms with Gasteiger partial charge in [-0.25, -0.2) is 9.97 Å². The highest BCUT2D eigenvalue weighted by Crippen LogP contribution is 2.39. The zero-order chi connectivity index (χ0) is 36.7.